The molecule has 8 heteroatoms. The third-order valence-electron chi connectivity index (χ3n) is 3.63. The molecule has 0 atom stereocenters. The molecule has 3 rings (SSSR count). The number of nitrogens with one attached hydrogen (secondary N) is 1. The molecule has 134 valence electrons. The molecule has 2 aromatic heterocycles. The number of carbonyl (C=O) groups is 1. The number of halogens is 1. The Morgan fingerprint density at radius 1 is 1.19 bits per heavy atom. The second kappa shape index (κ2) is 8.09. The lowest BCUT2D eigenvalue weighted by atomic mass is 10.1. The number of nitrogens with zero attached hydrogens (tertiary/aromatic N) is 1. The summed E-state index contributed by atoms with van der Waals surface area (Å²) in [6.45, 7) is 0.238. The van der Waals surface area contributed by atoms with Crippen molar-refractivity contribution in [3.63, 3.8) is 0 Å². The van der Waals surface area contributed by atoms with Crippen molar-refractivity contribution in [3.05, 3.63) is 81.3 Å². The minimum absolute atomic E-state index is 0.0869. The molecule has 0 radical (unpaired) electrons. The first-order valence-corrected chi connectivity index (χ1v) is 10.5. The molecule has 0 amide bonds. The van der Waals surface area contributed by atoms with E-state index in [1.54, 1.807) is 24.4 Å². The highest BCUT2D eigenvalue weighted by atomic mass is 35.5. The summed E-state index contributed by atoms with van der Waals surface area (Å²) in [5, 5.41) is 2.34. The van der Waals surface area contributed by atoms with Gasteiger partial charge in [-0.05, 0) is 59.8 Å². The van der Waals surface area contributed by atoms with E-state index in [1.165, 1.54) is 41.8 Å². The number of benzene rings is 1. The highest BCUT2D eigenvalue weighted by Crippen LogP contribution is 2.19. The molecule has 1 aromatic carbocycles. The molecule has 0 aliphatic rings. The number of hydrogen-bond acceptors (Lipinski definition) is 5. The van der Waals surface area contributed by atoms with Gasteiger partial charge < -0.3 is 0 Å². The van der Waals surface area contributed by atoms with E-state index in [0.717, 1.165) is 5.56 Å². The molecule has 0 spiro atoms. The Morgan fingerprint density at radius 2 is 1.96 bits per heavy atom. The van der Waals surface area contributed by atoms with Crippen LogP contribution in [-0.2, 0) is 16.4 Å². The number of thiophene rings is 1. The minimum Gasteiger partial charge on any atom is -0.288 e. The smallest absolute Gasteiger partial charge is 0.240 e. The minimum atomic E-state index is -3.58. The zero-order valence-electron chi connectivity index (χ0n) is 13.6. The molecule has 0 saturated carbocycles. The molecular weight excluding hydrogens is 392 g/mol. The molecule has 26 heavy (non-hydrogen) atoms. The quantitative estimate of drug-likeness (QED) is 0.609. The van der Waals surface area contributed by atoms with E-state index in [4.69, 9.17) is 11.6 Å². The summed E-state index contributed by atoms with van der Waals surface area (Å²) >= 11 is 7.11. The van der Waals surface area contributed by atoms with Crippen molar-refractivity contribution in [1.82, 2.24) is 9.71 Å². The van der Waals surface area contributed by atoms with E-state index >= 15 is 0 Å². The van der Waals surface area contributed by atoms with E-state index in [1.807, 2.05) is 5.38 Å². The van der Waals surface area contributed by atoms with Gasteiger partial charge in [0.2, 0.25) is 15.8 Å². The van der Waals surface area contributed by atoms with Crippen molar-refractivity contribution >= 4 is 38.7 Å². The summed E-state index contributed by atoms with van der Waals surface area (Å²) < 4.78 is 27.0. The Kier molecular flexibility index (Phi) is 5.83. The van der Waals surface area contributed by atoms with Gasteiger partial charge in [0.05, 0.1) is 9.77 Å². The Labute approximate surface area is 160 Å². The SMILES string of the molecule is O=C(c1cccnc1)c1cc(CCNS(=O)(=O)c2ccc(Cl)cc2)cs1. The van der Waals surface area contributed by atoms with Gasteiger partial charge in [0, 0.05) is 29.5 Å². The lowest BCUT2D eigenvalue weighted by Gasteiger charge is -2.06. The van der Waals surface area contributed by atoms with Crippen LogP contribution in [0.25, 0.3) is 0 Å². The van der Waals surface area contributed by atoms with Crippen molar-refractivity contribution in [2.75, 3.05) is 6.54 Å². The number of hydrogen-bond donors (Lipinski definition) is 1. The number of ketones is 1. The summed E-state index contributed by atoms with van der Waals surface area (Å²) in [5.74, 6) is -0.0869. The van der Waals surface area contributed by atoms with Gasteiger partial charge in [-0.2, -0.15) is 0 Å². The van der Waals surface area contributed by atoms with E-state index in [9.17, 15) is 13.2 Å². The van der Waals surface area contributed by atoms with Crippen LogP contribution in [0.4, 0.5) is 0 Å². The standard InChI is InChI=1S/C18H15ClN2O3S2/c19-15-3-5-16(6-4-15)26(23,24)21-9-7-13-10-17(25-12-13)18(22)14-2-1-8-20-11-14/h1-6,8,10-12,21H,7,9H2. The maximum Gasteiger partial charge on any atom is 0.240 e. The molecular formula is C18H15ClN2O3S2. The topological polar surface area (TPSA) is 76.1 Å². The maximum absolute atomic E-state index is 12.4. The number of carbonyl (C=O) groups excluding carboxylic acids is 1. The van der Waals surface area contributed by atoms with Crippen molar-refractivity contribution < 1.29 is 13.2 Å². The third kappa shape index (κ3) is 4.56. The van der Waals surface area contributed by atoms with Crippen LogP contribution in [0.5, 0.6) is 0 Å². The Balaban J connectivity index is 1.60. The molecule has 3 aromatic rings. The molecule has 2 heterocycles. The normalized spacial score (nSPS) is 11.4. The molecule has 0 aliphatic heterocycles. The fraction of sp³-hybridized carbons (Fsp3) is 0.111. The highest BCUT2D eigenvalue weighted by molar-refractivity contribution is 7.89. The van der Waals surface area contributed by atoms with E-state index in [0.29, 0.717) is 21.9 Å². The Bertz CT molecular complexity index is 1000. The lowest BCUT2D eigenvalue weighted by Crippen LogP contribution is -2.25. The van der Waals surface area contributed by atoms with Gasteiger partial charge in [0.15, 0.2) is 0 Å². The second-order valence-electron chi connectivity index (χ2n) is 5.49. The maximum atomic E-state index is 12.4. The van der Waals surface area contributed by atoms with Crippen molar-refractivity contribution in [2.45, 2.75) is 11.3 Å². The van der Waals surface area contributed by atoms with Crippen LogP contribution in [0.1, 0.15) is 20.8 Å². The number of pyridine rings is 1. The predicted molar refractivity (Wildman–Crippen MR) is 102 cm³/mol. The highest BCUT2D eigenvalue weighted by Gasteiger charge is 2.15. The van der Waals surface area contributed by atoms with Crippen LogP contribution in [0.2, 0.25) is 5.02 Å². The average molecular weight is 407 g/mol. The molecule has 5 nitrogen and oxygen atoms in total. The summed E-state index contributed by atoms with van der Waals surface area (Å²) in [7, 11) is -3.58. The largest absolute Gasteiger partial charge is 0.288 e. The number of rotatable bonds is 7. The molecule has 0 bridgehead atoms. The fourth-order valence-electron chi connectivity index (χ4n) is 2.29. The van der Waals surface area contributed by atoms with E-state index in [-0.39, 0.29) is 17.2 Å². The van der Waals surface area contributed by atoms with Crippen molar-refractivity contribution in [2.24, 2.45) is 0 Å². The van der Waals surface area contributed by atoms with Gasteiger partial charge in [-0.3, -0.25) is 9.78 Å². The first kappa shape index (κ1) is 18.7. The van der Waals surface area contributed by atoms with Gasteiger partial charge in [0.1, 0.15) is 0 Å². The van der Waals surface area contributed by atoms with Gasteiger partial charge in [0.25, 0.3) is 0 Å². The zero-order valence-corrected chi connectivity index (χ0v) is 15.9. The monoisotopic (exact) mass is 406 g/mol. The molecule has 0 saturated heterocycles. The summed E-state index contributed by atoms with van der Waals surface area (Å²) in [6, 6.07) is 11.2. The van der Waals surface area contributed by atoms with Crippen LogP contribution < -0.4 is 4.72 Å². The zero-order chi connectivity index (χ0) is 18.6. The van der Waals surface area contributed by atoms with Crippen molar-refractivity contribution in [3.8, 4) is 0 Å². The second-order valence-corrected chi connectivity index (χ2v) is 8.61. The van der Waals surface area contributed by atoms with Crippen LogP contribution in [0.3, 0.4) is 0 Å². The van der Waals surface area contributed by atoms with Gasteiger partial charge in [-0.15, -0.1) is 11.3 Å². The first-order valence-electron chi connectivity index (χ1n) is 7.73. The first-order chi connectivity index (χ1) is 12.5. The van der Waals surface area contributed by atoms with Gasteiger partial charge >= 0.3 is 0 Å². The molecule has 0 fully saturated rings. The number of sulfonamides is 1. The van der Waals surface area contributed by atoms with Crippen molar-refractivity contribution in [1.29, 1.82) is 0 Å². The lowest BCUT2D eigenvalue weighted by molar-refractivity contribution is 0.104. The van der Waals surface area contributed by atoms with Crippen LogP contribution in [0.15, 0.2) is 65.1 Å². The summed E-state index contributed by atoms with van der Waals surface area (Å²) in [5.41, 5.74) is 1.44. The Hall–Kier alpha value is -2.06. The van der Waals surface area contributed by atoms with E-state index in [2.05, 4.69) is 9.71 Å². The molecule has 0 unspecified atom stereocenters. The van der Waals surface area contributed by atoms with Gasteiger partial charge in [-0.1, -0.05) is 11.6 Å². The van der Waals surface area contributed by atoms with Crippen LogP contribution in [-0.4, -0.2) is 25.7 Å². The fourth-order valence-corrected chi connectivity index (χ4v) is 4.36. The number of aromatic nitrogens is 1. The molecule has 1 N–H and O–H groups in total. The predicted octanol–water partition coefficient (Wildman–Crippen LogP) is 3.55. The Morgan fingerprint density at radius 3 is 2.65 bits per heavy atom. The average Bonchev–Trinajstić information content (AvgIpc) is 3.11. The van der Waals surface area contributed by atoms with Gasteiger partial charge in [-0.25, -0.2) is 13.1 Å². The van der Waals surface area contributed by atoms with Crippen LogP contribution in [0, 0.1) is 0 Å². The summed E-state index contributed by atoms with van der Waals surface area (Å²) in [4.78, 5) is 17.1. The van der Waals surface area contributed by atoms with E-state index < -0.39 is 10.0 Å². The third-order valence-corrected chi connectivity index (χ3v) is 6.34. The van der Waals surface area contributed by atoms with Crippen LogP contribution >= 0.6 is 22.9 Å². The molecule has 0 aliphatic carbocycles. The summed E-state index contributed by atoms with van der Waals surface area (Å²) in [6.07, 6.45) is 3.63.